The number of ether oxygens (including phenoxy) is 1. The van der Waals surface area contributed by atoms with E-state index in [0.29, 0.717) is 0 Å². The third-order valence-electron chi connectivity index (χ3n) is 1.93. The number of hydrogen-bond acceptors (Lipinski definition) is 4. The van der Waals surface area contributed by atoms with Crippen LogP contribution in [0.25, 0.3) is 0 Å². The summed E-state index contributed by atoms with van der Waals surface area (Å²) in [6.07, 6.45) is -0.0308. The van der Waals surface area contributed by atoms with Crippen molar-refractivity contribution in [3.05, 3.63) is 0 Å². The second kappa shape index (κ2) is 4.84. The molecule has 1 heterocycles. The Morgan fingerprint density at radius 3 is 2.53 bits per heavy atom. The molecule has 1 fully saturated rings. The predicted octanol–water partition coefficient (Wildman–Crippen LogP) is 0.690. The van der Waals surface area contributed by atoms with Gasteiger partial charge in [-0.1, -0.05) is 0 Å². The van der Waals surface area contributed by atoms with Crippen molar-refractivity contribution < 1.29 is 13.2 Å². The summed E-state index contributed by atoms with van der Waals surface area (Å²) in [7, 11) is -3.03. The van der Waals surface area contributed by atoms with Crippen molar-refractivity contribution in [1.29, 1.82) is 0 Å². The zero-order chi connectivity index (χ0) is 11.6. The molecule has 7 heteroatoms. The third-order valence-corrected chi connectivity index (χ3v) is 4.52. The second-order valence-corrected chi connectivity index (χ2v) is 6.88. The van der Waals surface area contributed by atoms with Crippen molar-refractivity contribution in [1.82, 2.24) is 5.32 Å². The molecule has 1 saturated heterocycles. The molecule has 88 valence electrons. The number of halogens is 1. The number of alkyl halides is 1. The van der Waals surface area contributed by atoms with Crippen LogP contribution in [0.4, 0.5) is 0 Å². The number of sulfone groups is 1. The van der Waals surface area contributed by atoms with Crippen LogP contribution in [0, 0.1) is 0 Å². The molecule has 0 saturated carbocycles. The Balaban J connectivity index is 2.50. The first-order valence-electron chi connectivity index (χ1n) is 4.62. The largest absolute Gasteiger partial charge is 0.468 e. The molecule has 1 aliphatic rings. The van der Waals surface area contributed by atoms with E-state index >= 15 is 0 Å². The van der Waals surface area contributed by atoms with Crippen molar-refractivity contribution in [3.8, 4) is 0 Å². The fraction of sp³-hybridized carbons (Fsp3) is 0.875. The number of hydrogen-bond donors (Lipinski definition) is 1. The summed E-state index contributed by atoms with van der Waals surface area (Å²) in [5.41, 5.74) is 0. The summed E-state index contributed by atoms with van der Waals surface area (Å²) in [6, 6.07) is -0.345. The lowest BCUT2D eigenvalue weighted by Gasteiger charge is -2.18. The van der Waals surface area contributed by atoms with E-state index in [1.807, 2.05) is 13.8 Å². The van der Waals surface area contributed by atoms with E-state index in [1.54, 1.807) is 0 Å². The Kier molecular flexibility index (Phi) is 4.20. The average molecular weight is 272 g/mol. The van der Waals surface area contributed by atoms with Crippen LogP contribution in [0.3, 0.4) is 0 Å². The molecule has 1 N–H and O–H groups in total. The minimum atomic E-state index is -3.03. The quantitative estimate of drug-likeness (QED) is 0.592. The minimum absolute atomic E-state index is 0.00346. The lowest BCUT2D eigenvalue weighted by molar-refractivity contribution is 0.222. The molecule has 4 nitrogen and oxygen atoms in total. The first kappa shape index (κ1) is 13.0. The summed E-state index contributed by atoms with van der Waals surface area (Å²) >= 11 is 10.8. The van der Waals surface area contributed by atoms with Gasteiger partial charge in [0.05, 0.1) is 29.0 Å². The first-order valence-corrected chi connectivity index (χ1v) is 7.28. The Morgan fingerprint density at radius 2 is 2.13 bits per heavy atom. The summed E-state index contributed by atoms with van der Waals surface area (Å²) < 4.78 is 27.7. The van der Waals surface area contributed by atoms with Gasteiger partial charge in [-0.05, 0) is 26.1 Å². The van der Waals surface area contributed by atoms with E-state index in [1.165, 1.54) is 0 Å². The lowest BCUT2D eigenvalue weighted by Crippen LogP contribution is -2.41. The van der Waals surface area contributed by atoms with E-state index in [9.17, 15) is 8.42 Å². The van der Waals surface area contributed by atoms with Gasteiger partial charge in [-0.3, -0.25) is 0 Å². The standard InChI is InChI=1S/C8H14ClNO3S2/c1-5(2)13-8(14)10-7-4-15(11,12)3-6(7)9/h5-7H,3-4H2,1-2H3,(H,10,14). The van der Waals surface area contributed by atoms with Gasteiger partial charge in [-0.15, -0.1) is 11.6 Å². The van der Waals surface area contributed by atoms with Gasteiger partial charge in [0, 0.05) is 0 Å². The second-order valence-electron chi connectivity index (χ2n) is 3.80. The summed E-state index contributed by atoms with van der Waals surface area (Å²) in [5.74, 6) is 0.0132. The summed E-state index contributed by atoms with van der Waals surface area (Å²) in [4.78, 5) is 0. The van der Waals surface area contributed by atoms with Gasteiger partial charge in [0.15, 0.2) is 9.84 Å². The minimum Gasteiger partial charge on any atom is -0.468 e. The normalized spacial score (nSPS) is 29.1. The van der Waals surface area contributed by atoms with Crippen molar-refractivity contribution in [2.75, 3.05) is 11.5 Å². The molecule has 0 aromatic heterocycles. The zero-order valence-electron chi connectivity index (χ0n) is 8.57. The number of nitrogens with one attached hydrogen (secondary N) is 1. The Hall–Kier alpha value is -0.0700. The molecule has 15 heavy (non-hydrogen) atoms. The van der Waals surface area contributed by atoms with Crippen molar-refractivity contribution in [2.24, 2.45) is 0 Å². The smallest absolute Gasteiger partial charge is 0.257 e. The zero-order valence-corrected chi connectivity index (χ0v) is 11.0. The molecule has 1 aliphatic heterocycles. The highest BCUT2D eigenvalue weighted by atomic mass is 35.5. The van der Waals surface area contributed by atoms with E-state index in [4.69, 9.17) is 28.6 Å². The average Bonchev–Trinajstić information content (AvgIpc) is 2.22. The topological polar surface area (TPSA) is 55.4 Å². The van der Waals surface area contributed by atoms with E-state index in [-0.39, 0.29) is 28.8 Å². The van der Waals surface area contributed by atoms with E-state index in [2.05, 4.69) is 5.32 Å². The Morgan fingerprint density at radius 1 is 1.53 bits per heavy atom. The molecule has 2 unspecified atom stereocenters. The van der Waals surface area contributed by atoms with Crippen LogP contribution in [-0.2, 0) is 14.6 Å². The third kappa shape index (κ3) is 4.12. The van der Waals surface area contributed by atoms with Gasteiger partial charge >= 0.3 is 0 Å². The van der Waals surface area contributed by atoms with Crippen LogP contribution >= 0.6 is 23.8 Å². The maximum absolute atomic E-state index is 11.2. The van der Waals surface area contributed by atoms with Crippen LogP contribution in [0.15, 0.2) is 0 Å². The molecule has 0 radical (unpaired) electrons. The van der Waals surface area contributed by atoms with Crippen molar-refractivity contribution >= 4 is 38.8 Å². The molecule has 1 rings (SSSR count). The molecule has 0 bridgehead atoms. The van der Waals surface area contributed by atoms with Crippen LogP contribution in [-0.4, -0.2) is 42.6 Å². The first-order chi connectivity index (χ1) is 6.80. The van der Waals surface area contributed by atoms with Crippen molar-refractivity contribution in [2.45, 2.75) is 31.4 Å². The Bertz CT molecular complexity index is 342. The molecular formula is C8H14ClNO3S2. The highest BCUT2D eigenvalue weighted by Crippen LogP contribution is 2.18. The lowest BCUT2D eigenvalue weighted by atomic mass is 10.3. The van der Waals surface area contributed by atoms with Crippen molar-refractivity contribution in [3.63, 3.8) is 0 Å². The maximum Gasteiger partial charge on any atom is 0.257 e. The maximum atomic E-state index is 11.2. The van der Waals surface area contributed by atoms with Crippen LogP contribution in [0.1, 0.15) is 13.8 Å². The van der Waals surface area contributed by atoms with Crippen LogP contribution in [0.5, 0.6) is 0 Å². The SMILES string of the molecule is CC(C)OC(=S)NC1CS(=O)(=O)CC1Cl. The highest BCUT2D eigenvalue weighted by Gasteiger charge is 2.37. The predicted molar refractivity (Wildman–Crippen MR) is 64.0 cm³/mol. The van der Waals surface area contributed by atoms with E-state index < -0.39 is 15.2 Å². The highest BCUT2D eigenvalue weighted by molar-refractivity contribution is 7.91. The molecule has 2 atom stereocenters. The number of thiocarbonyl (C=S) groups is 1. The summed E-state index contributed by atoms with van der Waals surface area (Å²) in [5, 5.41) is 2.58. The van der Waals surface area contributed by atoms with Gasteiger partial charge in [-0.25, -0.2) is 8.42 Å². The number of rotatable bonds is 2. The monoisotopic (exact) mass is 271 g/mol. The molecular weight excluding hydrogens is 258 g/mol. The molecule has 0 aliphatic carbocycles. The molecule has 0 aromatic carbocycles. The van der Waals surface area contributed by atoms with Crippen LogP contribution in [0.2, 0.25) is 0 Å². The molecule has 0 aromatic rings. The van der Waals surface area contributed by atoms with Gasteiger partial charge < -0.3 is 10.1 Å². The van der Waals surface area contributed by atoms with Gasteiger partial charge in [0.2, 0.25) is 0 Å². The molecule has 0 amide bonds. The van der Waals surface area contributed by atoms with Gasteiger partial charge in [0.1, 0.15) is 0 Å². The van der Waals surface area contributed by atoms with Crippen LogP contribution < -0.4 is 5.32 Å². The fourth-order valence-electron chi connectivity index (χ4n) is 1.34. The van der Waals surface area contributed by atoms with Gasteiger partial charge in [-0.2, -0.15) is 0 Å². The fourth-order valence-corrected chi connectivity index (χ4v) is 4.23. The van der Waals surface area contributed by atoms with Gasteiger partial charge in [0.25, 0.3) is 5.17 Å². The van der Waals surface area contributed by atoms with E-state index in [0.717, 1.165) is 0 Å². The Labute approximate surface area is 100 Å². The summed E-state index contributed by atoms with van der Waals surface area (Å²) in [6.45, 7) is 3.69. The molecule has 0 spiro atoms.